The summed E-state index contributed by atoms with van der Waals surface area (Å²) in [6, 6.07) is 0. The first-order chi connectivity index (χ1) is 47.1. The maximum absolute atomic E-state index is 6.42. The SMILES string of the molecule is CCCCC/C=C\C/C=C\CCCCCCCCOCC(CN1CCN(C)CC1)OCCCCCCCC/C=C\C/C=C\CCCCC.CCCCC/C=C\C/C=C\CCCCCCCCOCC(CN1CCOCC1)OCCCCCCCC/C=C\C/C=C\CCCCC. The molecule has 0 spiro atoms. The van der Waals surface area contributed by atoms with Gasteiger partial charge in [-0.05, 0) is 161 Å². The Balaban J connectivity index is 0.000000950. The lowest BCUT2D eigenvalue weighted by Crippen LogP contribution is -2.48. The third-order valence-corrected chi connectivity index (χ3v) is 18.6. The lowest BCUT2D eigenvalue weighted by Gasteiger charge is -2.34. The Morgan fingerprint density at radius 2 is 0.516 bits per heavy atom. The smallest absolute Gasteiger partial charge is 0.0934 e. The number of hydrogen-bond donors (Lipinski definition) is 0. The number of hydrogen-bond acceptors (Lipinski definition) is 8. The van der Waals surface area contributed by atoms with Crippen molar-refractivity contribution in [1.82, 2.24) is 14.7 Å². The molecule has 0 amide bonds. The van der Waals surface area contributed by atoms with Crippen LogP contribution in [0.5, 0.6) is 0 Å². The molecular formula is C87H161N3O5. The van der Waals surface area contributed by atoms with Crippen LogP contribution in [0.2, 0.25) is 0 Å². The van der Waals surface area contributed by atoms with Crippen molar-refractivity contribution < 1.29 is 23.7 Å². The summed E-state index contributed by atoms with van der Waals surface area (Å²) in [7, 11) is 2.23. The molecule has 0 radical (unpaired) electrons. The van der Waals surface area contributed by atoms with Crippen molar-refractivity contribution in [3.8, 4) is 0 Å². The minimum absolute atomic E-state index is 0.177. The average molecular weight is 1330 g/mol. The van der Waals surface area contributed by atoms with E-state index in [1.807, 2.05) is 0 Å². The second-order valence-corrected chi connectivity index (χ2v) is 28.0. The van der Waals surface area contributed by atoms with Gasteiger partial charge in [0.2, 0.25) is 0 Å². The Morgan fingerprint density at radius 1 is 0.274 bits per heavy atom. The second kappa shape index (κ2) is 78.9. The monoisotopic (exact) mass is 1330 g/mol. The number of piperazine rings is 1. The van der Waals surface area contributed by atoms with Gasteiger partial charge in [-0.15, -0.1) is 0 Å². The molecular weight excluding hydrogens is 1170 g/mol. The van der Waals surface area contributed by atoms with E-state index in [1.165, 1.54) is 276 Å². The number of likely N-dealkylation sites (N-methyl/N-ethyl adjacent to an activating group) is 1. The largest absolute Gasteiger partial charge is 0.379 e. The molecule has 554 valence electrons. The molecule has 2 atom stereocenters. The second-order valence-electron chi connectivity index (χ2n) is 28.0. The standard InChI is InChI=1S/C44H82N2O2.C43H79NO3/c1-4-6-8-10-12-14-16-18-20-22-24-26-28-30-32-34-40-47-43-44(42-46-38-36-45(3)37-39-46)48-41-35-33-31-29-27-25-23-21-19-17-15-13-11-9-7-5-2;1-3-5-7-9-11-13-15-17-19-21-23-25-27-29-31-33-37-46-42-43(41-44-35-39-45-40-36-44)47-38-34-32-30-28-26-24-22-20-18-16-14-12-10-8-6-4-2/h12-15,18-21,44H,4-11,16-17,22-43H2,1-3H3;11-14,17-20,43H,3-10,15-16,21-42H2,1-2H3/b14-12-,15-13-,20-18-,21-19-;13-11-,14-12-,19-17-,20-18-. The molecule has 2 unspecified atom stereocenters. The summed E-state index contributed by atoms with van der Waals surface area (Å²) < 4.78 is 30.6. The maximum Gasteiger partial charge on any atom is 0.0934 e. The molecule has 0 aromatic carbocycles. The van der Waals surface area contributed by atoms with E-state index >= 15 is 0 Å². The fourth-order valence-electron chi connectivity index (χ4n) is 12.2. The maximum atomic E-state index is 6.42. The first kappa shape index (κ1) is 90.6. The molecule has 2 aliphatic rings. The third-order valence-electron chi connectivity index (χ3n) is 18.6. The summed E-state index contributed by atoms with van der Waals surface area (Å²) in [4.78, 5) is 7.49. The Kier molecular flexibility index (Phi) is 75.3. The first-order valence-electron chi connectivity index (χ1n) is 41.4. The number of allylic oxidation sites excluding steroid dienone is 16. The average Bonchev–Trinajstić information content (AvgIpc) is 2.34. The molecule has 0 bridgehead atoms. The van der Waals surface area contributed by atoms with Gasteiger partial charge < -0.3 is 28.6 Å². The van der Waals surface area contributed by atoms with Crippen LogP contribution >= 0.6 is 0 Å². The summed E-state index contributed by atoms with van der Waals surface area (Å²) in [5.41, 5.74) is 0. The molecule has 2 fully saturated rings. The van der Waals surface area contributed by atoms with Gasteiger partial charge in [0.05, 0.1) is 38.6 Å². The van der Waals surface area contributed by atoms with Crippen LogP contribution in [0.1, 0.15) is 336 Å². The number of ether oxygens (including phenoxy) is 5. The van der Waals surface area contributed by atoms with Gasteiger partial charge in [0.15, 0.2) is 0 Å². The summed E-state index contributed by atoms with van der Waals surface area (Å²) in [5.74, 6) is 0. The Hall–Kier alpha value is -2.40. The fraction of sp³-hybridized carbons (Fsp3) is 0.816. The molecule has 95 heavy (non-hydrogen) atoms. The van der Waals surface area contributed by atoms with Gasteiger partial charge in [-0.25, -0.2) is 0 Å². The van der Waals surface area contributed by atoms with Gasteiger partial charge in [-0.3, -0.25) is 9.80 Å². The van der Waals surface area contributed by atoms with E-state index in [1.54, 1.807) is 0 Å². The molecule has 0 aromatic heterocycles. The van der Waals surface area contributed by atoms with E-state index < -0.39 is 0 Å². The van der Waals surface area contributed by atoms with Crippen molar-refractivity contribution in [1.29, 1.82) is 0 Å². The Labute approximate surface area is 592 Å². The van der Waals surface area contributed by atoms with E-state index in [2.05, 4.69) is 147 Å². The van der Waals surface area contributed by atoms with Crippen LogP contribution < -0.4 is 0 Å². The van der Waals surface area contributed by atoms with Crippen LogP contribution in [0.25, 0.3) is 0 Å². The zero-order valence-corrected chi connectivity index (χ0v) is 64.0. The van der Waals surface area contributed by atoms with Gasteiger partial charge in [0.25, 0.3) is 0 Å². The molecule has 8 nitrogen and oxygen atoms in total. The van der Waals surface area contributed by atoms with E-state index in [0.717, 1.165) is 137 Å². The fourth-order valence-corrected chi connectivity index (χ4v) is 12.2. The van der Waals surface area contributed by atoms with Gasteiger partial charge in [-0.2, -0.15) is 0 Å². The molecule has 0 aromatic rings. The van der Waals surface area contributed by atoms with Crippen molar-refractivity contribution in [2.75, 3.05) is 112 Å². The third kappa shape index (κ3) is 71.2. The normalized spacial score (nSPS) is 15.5. The van der Waals surface area contributed by atoms with E-state index in [-0.39, 0.29) is 12.2 Å². The molecule has 2 rings (SSSR count). The van der Waals surface area contributed by atoms with Crippen molar-refractivity contribution in [2.45, 2.75) is 348 Å². The Bertz CT molecular complexity index is 1730. The highest BCUT2D eigenvalue weighted by Crippen LogP contribution is 2.15. The minimum atomic E-state index is 0.177. The van der Waals surface area contributed by atoms with Crippen LogP contribution in [0.15, 0.2) is 97.2 Å². The zero-order chi connectivity index (χ0) is 68.0. The van der Waals surface area contributed by atoms with Crippen molar-refractivity contribution in [3.63, 3.8) is 0 Å². The molecule has 8 heteroatoms. The highest BCUT2D eigenvalue weighted by Gasteiger charge is 2.20. The lowest BCUT2D eigenvalue weighted by atomic mass is 10.1. The van der Waals surface area contributed by atoms with Crippen LogP contribution in [-0.2, 0) is 23.7 Å². The summed E-state index contributed by atoms with van der Waals surface area (Å²) in [5, 5.41) is 0. The molecule has 2 aliphatic heterocycles. The summed E-state index contributed by atoms with van der Waals surface area (Å²) >= 11 is 0. The Morgan fingerprint density at radius 3 is 0.800 bits per heavy atom. The van der Waals surface area contributed by atoms with Gasteiger partial charge in [0.1, 0.15) is 0 Å². The van der Waals surface area contributed by atoms with Gasteiger partial charge in [-0.1, -0.05) is 279 Å². The number of unbranched alkanes of at least 4 members (excludes halogenated alkanes) is 36. The minimum Gasteiger partial charge on any atom is -0.379 e. The van der Waals surface area contributed by atoms with Crippen LogP contribution in [0.3, 0.4) is 0 Å². The van der Waals surface area contributed by atoms with Crippen molar-refractivity contribution in [2.24, 2.45) is 0 Å². The van der Waals surface area contributed by atoms with Crippen molar-refractivity contribution in [3.05, 3.63) is 97.2 Å². The summed E-state index contributed by atoms with van der Waals surface area (Å²) in [6.07, 6.45) is 99.5. The highest BCUT2D eigenvalue weighted by molar-refractivity contribution is 4.95. The van der Waals surface area contributed by atoms with Crippen LogP contribution in [0, 0.1) is 0 Å². The summed E-state index contributed by atoms with van der Waals surface area (Å²) in [6.45, 7) is 24.3. The van der Waals surface area contributed by atoms with E-state index in [4.69, 9.17) is 23.7 Å². The van der Waals surface area contributed by atoms with Gasteiger partial charge in [0, 0.05) is 78.8 Å². The quantitative estimate of drug-likeness (QED) is 0.0441. The first-order valence-corrected chi connectivity index (χ1v) is 41.4. The van der Waals surface area contributed by atoms with Crippen LogP contribution in [0.4, 0.5) is 0 Å². The molecule has 2 heterocycles. The molecule has 0 saturated carbocycles. The van der Waals surface area contributed by atoms with E-state index in [9.17, 15) is 0 Å². The van der Waals surface area contributed by atoms with Gasteiger partial charge >= 0.3 is 0 Å². The number of rotatable bonds is 70. The molecule has 0 N–H and O–H groups in total. The lowest BCUT2D eigenvalue weighted by molar-refractivity contribution is -0.0496. The number of nitrogens with zero attached hydrogens (tertiary/aromatic N) is 3. The molecule has 0 aliphatic carbocycles. The van der Waals surface area contributed by atoms with Crippen LogP contribution in [-0.4, -0.2) is 139 Å². The predicted molar refractivity (Wildman–Crippen MR) is 420 cm³/mol. The van der Waals surface area contributed by atoms with E-state index in [0.29, 0.717) is 0 Å². The zero-order valence-electron chi connectivity index (χ0n) is 64.0. The topological polar surface area (TPSA) is 55.9 Å². The highest BCUT2D eigenvalue weighted by atomic mass is 16.5. The number of morpholine rings is 1. The van der Waals surface area contributed by atoms with Crippen molar-refractivity contribution >= 4 is 0 Å². The molecule has 2 saturated heterocycles. The predicted octanol–water partition coefficient (Wildman–Crippen LogP) is 24.6.